The maximum absolute atomic E-state index is 12.8. The largest absolute Gasteiger partial charge is 0.416 e. The zero-order chi connectivity index (χ0) is 19.1. The molecule has 4 nitrogen and oxygen atoms in total. The fraction of sp³-hybridized carbons (Fsp3) is 0.200. The molecular weight excluding hydrogens is 353 g/mol. The summed E-state index contributed by atoms with van der Waals surface area (Å²) in [5.41, 5.74) is 1.08. The van der Waals surface area contributed by atoms with Gasteiger partial charge in [-0.1, -0.05) is 42.5 Å². The molecule has 0 unspecified atom stereocenters. The lowest BCUT2D eigenvalue weighted by Crippen LogP contribution is -2.10. The van der Waals surface area contributed by atoms with E-state index in [9.17, 15) is 13.2 Å². The number of anilines is 2. The maximum Gasteiger partial charge on any atom is 0.416 e. The minimum absolute atomic E-state index is 0.240. The zero-order valence-electron chi connectivity index (χ0n) is 14.5. The summed E-state index contributed by atoms with van der Waals surface area (Å²) in [4.78, 5) is 8.50. The number of nitrogens with zero attached hydrogens (tertiary/aromatic N) is 2. The van der Waals surface area contributed by atoms with Crippen LogP contribution in [0.5, 0.6) is 0 Å². The molecule has 1 heterocycles. The van der Waals surface area contributed by atoms with Crippen LogP contribution >= 0.6 is 0 Å². The van der Waals surface area contributed by atoms with Crippen LogP contribution in [0.3, 0.4) is 0 Å². The molecule has 2 N–H and O–H groups in total. The Balaban J connectivity index is 1.55. The van der Waals surface area contributed by atoms with Gasteiger partial charge in [0.1, 0.15) is 5.82 Å². The Kier molecular flexibility index (Phi) is 5.90. The van der Waals surface area contributed by atoms with Gasteiger partial charge < -0.3 is 10.6 Å². The van der Waals surface area contributed by atoms with Crippen molar-refractivity contribution in [3.05, 3.63) is 83.6 Å². The van der Waals surface area contributed by atoms with Crippen LogP contribution in [0.25, 0.3) is 0 Å². The van der Waals surface area contributed by atoms with E-state index in [1.54, 1.807) is 18.3 Å². The van der Waals surface area contributed by atoms with Gasteiger partial charge in [0.05, 0.1) is 5.56 Å². The lowest BCUT2D eigenvalue weighted by atomic mass is 10.1. The molecule has 0 fully saturated rings. The Bertz CT molecular complexity index is 866. The molecule has 0 bridgehead atoms. The van der Waals surface area contributed by atoms with Gasteiger partial charge in [0, 0.05) is 19.3 Å². The minimum atomic E-state index is -4.35. The molecule has 0 radical (unpaired) electrons. The van der Waals surface area contributed by atoms with Crippen molar-refractivity contribution in [1.82, 2.24) is 9.97 Å². The van der Waals surface area contributed by atoms with E-state index in [4.69, 9.17) is 0 Å². The fourth-order valence-corrected chi connectivity index (χ4v) is 2.56. The van der Waals surface area contributed by atoms with Gasteiger partial charge in [-0.05, 0) is 35.7 Å². The van der Waals surface area contributed by atoms with E-state index >= 15 is 0 Å². The van der Waals surface area contributed by atoms with Crippen LogP contribution in [0.4, 0.5) is 24.9 Å². The molecular formula is C20H19F3N4. The van der Waals surface area contributed by atoms with Crippen LogP contribution in [-0.2, 0) is 19.1 Å². The van der Waals surface area contributed by atoms with Crippen molar-refractivity contribution >= 4 is 11.8 Å². The Hall–Kier alpha value is -3.09. The van der Waals surface area contributed by atoms with E-state index in [1.165, 1.54) is 11.6 Å². The summed E-state index contributed by atoms with van der Waals surface area (Å²) in [7, 11) is 0. The Morgan fingerprint density at radius 1 is 0.852 bits per heavy atom. The Morgan fingerprint density at radius 2 is 1.63 bits per heavy atom. The summed E-state index contributed by atoms with van der Waals surface area (Å²) < 4.78 is 38.3. The third-order valence-corrected chi connectivity index (χ3v) is 3.92. The molecule has 140 valence electrons. The highest BCUT2D eigenvalue weighted by atomic mass is 19.4. The van der Waals surface area contributed by atoms with E-state index in [-0.39, 0.29) is 6.54 Å². The molecule has 0 aliphatic carbocycles. The van der Waals surface area contributed by atoms with E-state index in [2.05, 4.69) is 32.7 Å². The summed E-state index contributed by atoms with van der Waals surface area (Å²) in [5, 5.41) is 6.18. The molecule has 3 rings (SSSR count). The highest BCUT2D eigenvalue weighted by Gasteiger charge is 2.30. The Labute approximate surface area is 155 Å². The van der Waals surface area contributed by atoms with Crippen molar-refractivity contribution < 1.29 is 13.2 Å². The maximum atomic E-state index is 12.8. The van der Waals surface area contributed by atoms with Crippen LogP contribution in [-0.4, -0.2) is 16.5 Å². The van der Waals surface area contributed by atoms with E-state index in [0.717, 1.165) is 18.6 Å². The van der Waals surface area contributed by atoms with Crippen molar-refractivity contribution in [2.45, 2.75) is 19.1 Å². The first kappa shape index (κ1) is 18.7. The molecule has 3 aromatic rings. The summed E-state index contributed by atoms with van der Waals surface area (Å²) in [6.07, 6.45) is -1.90. The van der Waals surface area contributed by atoms with Crippen molar-refractivity contribution in [3.63, 3.8) is 0 Å². The first-order chi connectivity index (χ1) is 13.0. The quantitative estimate of drug-likeness (QED) is 0.628. The van der Waals surface area contributed by atoms with Crippen LogP contribution in [0, 0.1) is 0 Å². The van der Waals surface area contributed by atoms with Gasteiger partial charge in [-0.15, -0.1) is 0 Å². The standard InChI is InChI=1S/C20H19F3N4/c21-20(22,23)17-8-4-7-16(13-17)14-26-18-10-12-25-19(27-18)24-11-9-15-5-2-1-3-6-15/h1-8,10,12-13H,9,11,14H2,(H2,24,25,26,27). The highest BCUT2D eigenvalue weighted by Crippen LogP contribution is 2.29. The normalized spacial score (nSPS) is 11.2. The topological polar surface area (TPSA) is 49.8 Å². The Morgan fingerprint density at radius 3 is 2.41 bits per heavy atom. The summed E-state index contributed by atoms with van der Waals surface area (Å²) >= 11 is 0. The highest BCUT2D eigenvalue weighted by molar-refractivity contribution is 5.40. The molecule has 0 saturated carbocycles. The molecule has 0 aliphatic heterocycles. The molecule has 0 atom stereocenters. The van der Waals surface area contributed by atoms with Gasteiger partial charge in [-0.2, -0.15) is 18.2 Å². The molecule has 0 amide bonds. The van der Waals surface area contributed by atoms with Crippen molar-refractivity contribution in [2.24, 2.45) is 0 Å². The predicted octanol–water partition coefficient (Wildman–Crippen LogP) is 4.76. The number of nitrogens with one attached hydrogen (secondary N) is 2. The van der Waals surface area contributed by atoms with Gasteiger partial charge in [-0.25, -0.2) is 4.98 Å². The van der Waals surface area contributed by atoms with E-state index in [0.29, 0.717) is 23.9 Å². The summed E-state index contributed by atoms with van der Waals surface area (Å²) in [6.45, 7) is 0.922. The second-order valence-corrected chi connectivity index (χ2v) is 5.98. The zero-order valence-corrected chi connectivity index (χ0v) is 14.5. The van der Waals surface area contributed by atoms with Crippen LogP contribution in [0.15, 0.2) is 66.9 Å². The van der Waals surface area contributed by atoms with Crippen molar-refractivity contribution in [3.8, 4) is 0 Å². The monoisotopic (exact) mass is 372 g/mol. The lowest BCUT2D eigenvalue weighted by Gasteiger charge is -2.11. The molecule has 7 heteroatoms. The third kappa shape index (κ3) is 5.70. The van der Waals surface area contributed by atoms with E-state index in [1.807, 2.05) is 18.2 Å². The minimum Gasteiger partial charge on any atom is -0.366 e. The predicted molar refractivity (Wildman–Crippen MR) is 99.4 cm³/mol. The number of alkyl halides is 3. The number of hydrogen-bond donors (Lipinski definition) is 2. The van der Waals surface area contributed by atoms with Crippen LogP contribution < -0.4 is 10.6 Å². The van der Waals surface area contributed by atoms with Gasteiger partial charge in [0.25, 0.3) is 0 Å². The SMILES string of the molecule is FC(F)(F)c1cccc(CNc2ccnc(NCCc3ccccc3)n2)c1. The number of hydrogen-bond acceptors (Lipinski definition) is 4. The van der Waals surface area contributed by atoms with Crippen LogP contribution in [0.2, 0.25) is 0 Å². The summed E-state index contributed by atoms with van der Waals surface area (Å²) in [6, 6.07) is 17.0. The van der Waals surface area contributed by atoms with Crippen molar-refractivity contribution in [1.29, 1.82) is 0 Å². The molecule has 27 heavy (non-hydrogen) atoms. The lowest BCUT2D eigenvalue weighted by molar-refractivity contribution is -0.137. The van der Waals surface area contributed by atoms with Gasteiger partial charge >= 0.3 is 6.18 Å². The molecule has 1 aromatic heterocycles. The summed E-state index contributed by atoms with van der Waals surface area (Å²) in [5.74, 6) is 1.02. The fourth-order valence-electron chi connectivity index (χ4n) is 2.56. The van der Waals surface area contributed by atoms with Crippen LogP contribution in [0.1, 0.15) is 16.7 Å². The number of benzene rings is 2. The number of rotatable bonds is 7. The number of halogens is 3. The molecule has 0 saturated heterocycles. The van der Waals surface area contributed by atoms with Gasteiger partial charge in [0.2, 0.25) is 5.95 Å². The smallest absolute Gasteiger partial charge is 0.366 e. The number of aromatic nitrogens is 2. The first-order valence-corrected chi connectivity index (χ1v) is 8.51. The van der Waals surface area contributed by atoms with Gasteiger partial charge in [0.15, 0.2) is 0 Å². The molecule has 2 aromatic carbocycles. The average molecular weight is 372 g/mol. The van der Waals surface area contributed by atoms with E-state index < -0.39 is 11.7 Å². The van der Waals surface area contributed by atoms with Gasteiger partial charge in [-0.3, -0.25) is 0 Å². The molecule has 0 spiro atoms. The first-order valence-electron chi connectivity index (χ1n) is 8.51. The third-order valence-electron chi connectivity index (χ3n) is 3.92. The molecule has 0 aliphatic rings. The second kappa shape index (κ2) is 8.53. The van der Waals surface area contributed by atoms with Crippen molar-refractivity contribution in [2.75, 3.05) is 17.2 Å². The second-order valence-electron chi connectivity index (χ2n) is 5.98. The average Bonchev–Trinajstić information content (AvgIpc) is 2.67.